The van der Waals surface area contributed by atoms with Crippen LogP contribution in [0.15, 0.2) is 0 Å². The first kappa shape index (κ1) is 31.9. The monoisotopic (exact) mass is 456 g/mol. The summed E-state index contributed by atoms with van der Waals surface area (Å²) in [5.41, 5.74) is 0. The number of hydrogen-bond acceptors (Lipinski definition) is 3. The van der Waals surface area contributed by atoms with Gasteiger partial charge in [-0.15, -0.1) is 0 Å². The minimum atomic E-state index is -0.147. The quantitative estimate of drug-likeness (QED) is 0.119. The van der Waals surface area contributed by atoms with Gasteiger partial charge in [-0.05, 0) is 12.8 Å². The lowest BCUT2D eigenvalue weighted by Crippen LogP contribution is -2.24. The number of hydrogen-bond donors (Lipinski definition) is 1. The summed E-state index contributed by atoms with van der Waals surface area (Å²) in [6.45, 7) is 6.68. The summed E-state index contributed by atoms with van der Waals surface area (Å²) in [5.74, 6) is 0. The number of aliphatic hydroxyl groups is 1. The Morgan fingerprint density at radius 1 is 0.469 bits per heavy atom. The summed E-state index contributed by atoms with van der Waals surface area (Å²) in [5, 5.41) is 9.44. The highest BCUT2D eigenvalue weighted by molar-refractivity contribution is 4.55. The molecule has 0 heterocycles. The van der Waals surface area contributed by atoms with Crippen molar-refractivity contribution in [2.75, 3.05) is 26.4 Å². The minimum absolute atomic E-state index is 0.0643. The average Bonchev–Trinajstić information content (AvgIpc) is 2.81. The van der Waals surface area contributed by atoms with E-state index < -0.39 is 0 Å². The van der Waals surface area contributed by atoms with E-state index in [1.807, 2.05) is 0 Å². The number of aliphatic hydroxyl groups excluding tert-OH is 1. The first-order valence-electron chi connectivity index (χ1n) is 14.6. The van der Waals surface area contributed by atoms with E-state index in [2.05, 4.69) is 13.8 Å². The molecule has 0 aromatic heterocycles. The van der Waals surface area contributed by atoms with Crippen LogP contribution in [-0.4, -0.2) is 37.6 Å². The van der Waals surface area contributed by atoms with E-state index in [0.717, 1.165) is 26.1 Å². The molecule has 0 amide bonds. The molecule has 194 valence electrons. The summed E-state index contributed by atoms with van der Waals surface area (Å²) < 4.78 is 11.5. The Morgan fingerprint density at radius 2 is 0.812 bits per heavy atom. The van der Waals surface area contributed by atoms with Crippen molar-refractivity contribution >= 4 is 0 Å². The van der Waals surface area contributed by atoms with Gasteiger partial charge in [0.2, 0.25) is 0 Å². The molecular weight excluding hydrogens is 396 g/mol. The predicted octanol–water partition coefficient (Wildman–Crippen LogP) is 9.00. The molecule has 32 heavy (non-hydrogen) atoms. The fourth-order valence-corrected chi connectivity index (χ4v) is 4.25. The smallest absolute Gasteiger partial charge is 0.104 e. The van der Waals surface area contributed by atoms with Gasteiger partial charge in [0.25, 0.3) is 0 Å². The van der Waals surface area contributed by atoms with Gasteiger partial charge in [0.1, 0.15) is 6.10 Å². The van der Waals surface area contributed by atoms with Gasteiger partial charge in [-0.2, -0.15) is 0 Å². The predicted molar refractivity (Wildman–Crippen MR) is 141 cm³/mol. The molecule has 3 nitrogen and oxygen atoms in total. The second kappa shape index (κ2) is 28.9. The standard InChI is InChI=1S/C29H60O3/c1-3-5-7-9-11-12-13-14-15-16-17-18-19-20-21-23-25-31-28-29(27-30)32-26-24-22-10-8-6-4-2/h29-30H,3-28H2,1-2H3/t29-/m0/s1. The van der Waals surface area contributed by atoms with Gasteiger partial charge in [0.15, 0.2) is 0 Å². The summed E-state index contributed by atoms with van der Waals surface area (Å²) in [7, 11) is 0. The molecule has 0 bridgehead atoms. The molecule has 1 atom stereocenters. The summed E-state index contributed by atoms with van der Waals surface area (Å²) in [4.78, 5) is 0. The molecule has 0 saturated carbocycles. The van der Waals surface area contributed by atoms with E-state index in [9.17, 15) is 5.11 Å². The molecule has 0 radical (unpaired) electrons. The van der Waals surface area contributed by atoms with Gasteiger partial charge in [0, 0.05) is 13.2 Å². The van der Waals surface area contributed by atoms with Crippen molar-refractivity contribution in [2.45, 2.75) is 161 Å². The molecule has 0 aliphatic rings. The van der Waals surface area contributed by atoms with Crippen molar-refractivity contribution < 1.29 is 14.6 Å². The number of ether oxygens (including phenoxy) is 2. The molecular formula is C29H60O3. The zero-order valence-electron chi connectivity index (χ0n) is 22.2. The van der Waals surface area contributed by atoms with Crippen molar-refractivity contribution in [3.05, 3.63) is 0 Å². The fraction of sp³-hybridized carbons (Fsp3) is 1.00. The highest BCUT2D eigenvalue weighted by atomic mass is 16.5. The molecule has 0 saturated heterocycles. The van der Waals surface area contributed by atoms with Crippen LogP contribution >= 0.6 is 0 Å². The maximum Gasteiger partial charge on any atom is 0.104 e. The fourth-order valence-electron chi connectivity index (χ4n) is 4.25. The van der Waals surface area contributed by atoms with Crippen molar-refractivity contribution in [2.24, 2.45) is 0 Å². The Balaban J connectivity index is 3.21. The summed E-state index contributed by atoms with van der Waals surface area (Å²) in [6.07, 6.45) is 29.7. The lowest BCUT2D eigenvalue weighted by atomic mass is 10.0. The maximum atomic E-state index is 9.44. The van der Waals surface area contributed by atoms with Crippen LogP contribution in [0.3, 0.4) is 0 Å². The van der Waals surface area contributed by atoms with Crippen molar-refractivity contribution in [3.63, 3.8) is 0 Å². The van der Waals surface area contributed by atoms with Gasteiger partial charge in [-0.1, -0.05) is 142 Å². The van der Waals surface area contributed by atoms with Crippen molar-refractivity contribution in [1.82, 2.24) is 0 Å². The van der Waals surface area contributed by atoms with Gasteiger partial charge in [0.05, 0.1) is 13.2 Å². The Morgan fingerprint density at radius 3 is 1.19 bits per heavy atom. The van der Waals surface area contributed by atoms with Gasteiger partial charge in [-0.25, -0.2) is 0 Å². The minimum Gasteiger partial charge on any atom is -0.394 e. The van der Waals surface area contributed by atoms with Gasteiger partial charge >= 0.3 is 0 Å². The number of unbranched alkanes of at least 4 members (excludes halogenated alkanes) is 20. The molecule has 0 rings (SSSR count). The second-order valence-corrected chi connectivity index (χ2v) is 9.82. The van der Waals surface area contributed by atoms with Crippen LogP contribution in [0.2, 0.25) is 0 Å². The van der Waals surface area contributed by atoms with Crippen LogP contribution < -0.4 is 0 Å². The maximum absolute atomic E-state index is 9.44. The largest absolute Gasteiger partial charge is 0.394 e. The molecule has 0 aliphatic carbocycles. The molecule has 0 unspecified atom stereocenters. The first-order valence-corrected chi connectivity index (χ1v) is 14.6. The van der Waals surface area contributed by atoms with E-state index in [1.165, 1.54) is 128 Å². The zero-order valence-corrected chi connectivity index (χ0v) is 22.2. The third-order valence-corrected chi connectivity index (χ3v) is 6.50. The Bertz CT molecular complexity index is 322. The van der Waals surface area contributed by atoms with Crippen molar-refractivity contribution in [1.29, 1.82) is 0 Å². The van der Waals surface area contributed by atoms with Crippen LogP contribution in [0.25, 0.3) is 0 Å². The molecule has 3 heteroatoms. The van der Waals surface area contributed by atoms with Crippen LogP contribution in [0.5, 0.6) is 0 Å². The van der Waals surface area contributed by atoms with Crippen LogP contribution in [0.4, 0.5) is 0 Å². The van der Waals surface area contributed by atoms with E-state index in [0.29, 0.717) is 6.61 Å². The summed E-state index contributed by atoms with van der Waals surface area (Å²) in [6, 6.07) is 0. The zero-order chi connectivity index (χ0) is 23.4. The topological polar surface area (TPSA) is 38.7 Å². The first-order chi connectivity index (χ1) is 15.8. The lowest BCUT2D eigenvalue weighted by molar-refractivity contribution is -0.0437. The Labute approximate surface area is 202 Å². The Kier molecular flexibility index (Phi) is 28.8. The molecule has 0 aromatic carbocycles. The Hall–Kier alpha value is -0.120. The molecule has 0 spiro atoms. The van der Waals surface area contributed by atoms with E-state index in [-0.39, 0.29) is 12.7 Å². The lowest BCUT2D eigenvalue weighted by Gasteiger charge is -2.15. The molecule has 0 aromatic rings. The molecule has 0 aliphatic heterocycles. The normalized spacial score (nSPS) is 12.5. The third kappa shape index (κ3) is 26.1. The molecule has 1 N–H and O–H groups in total. The number of rotatable bonds is 28. The van der Waals surface area contributed by atoms with Gasteiger partial charge in [-0.3, -0.25) is 0 Å². The van der Waals surface area contributed by atoms with Crippen LogP contribution in [0, 0.1) is 0 Å². The van der Waals surface area contributed by atoms with Crippen LogP contribution in [-0.2, 0) is 9.47 Å². The third-order valence-electron chi connectivity index (χ3n) is 6.50. The van der Waals surface area contributed by atoms with Crippen LogP contribution in [0.1, 0.15) is 155 Å². The summed E-state index contributed by atoms with van der Waals surface area (Å²) >= 11 is 0. The van der Waals surface area contributed by atoms with E-state index in [4.69, 9.17) is 9.47 Å². The average molecular weight is 457 g/mol. The van der Waals surface area contributed by atoms with E-state index in [1.54, 1.807) is 0 Å². The van der Waals surface area contributed by atoms with Crippen molar-refractivity contribution in [3.8, 4) is 0 Å². The second-order valence-electron chi connectivity index (χ2n) is 9.82. The highest BCUT2D eigenvalue weighted by Crippen LogP contribution is 2.14. The molecule has 0 fully saturated rings. The van der Waals surface area contributed by atoms with E-state index >= 15 is 0 Å². The van der Waals surface area contributed by atoms with Gasteiger partial charge < -0.3 is 14.6 Å². The SMILES string of the molecule is CCCCCCCCCCCCCCCCCCOC[C@H](CO)OCCCCCCCC. The highest BCUT2D eigenvalue weighted by Gasteiger charge is 2.07.